The Bertz CT molecular complexity index is 814. The molecule has 24 heavy (non-hydrogen) atoms. The maximum absolute atomic E-state index is 13.2. The Hall–Kier alpha value is -2.53. The van der Waals surface area contributed by atoms with Gasteiger partial charge in [-0.05, 0) is 49.6 Å². The second kappa shape index (κ2) is 7.36. The van der Waals surface area contributed by atoms with Crippen LogP contribution in [0.4, 0.5) is 5.69 Å². The number of anilines is 1. The maximum atomic E-state index is 13.2. The van der Waals surface area contributed by atoms with Gasteiger partial charge >= 0.3 is 0 Å². The van der Waals surface area contributed by atoms with E-state index >= 15 is 0 Å². The van der Waals surface area contributed by atoms with Crippen molar-refractivity contribution >= 4 is 23.4 Å². The normalized spacial score (nSPS) is 10.6. The summed E-state index contributed by atoms with van der Waals surface area (Å²) in [6.45, 7) is 2.40. The second-order valence-corrected chi connectivity index (χ2v) is 6.16. The van der Waals surface area contributed by atoms with Crippen LogP contribution in [0.2, 0.25) is 0 Å². The minimum atomic E-state index is -0.0901. The Morgan fingerprint density at radius 2 is 1.96 bits per heavy atom. The molecule has 0 spiro atoms. The summed E-state index contributed by atoms with van der Waals surface area (Å²) in [5.41, 5.74) is 2.57. The van der Waals surface area contributed by atoms with Crippen molar-refractivity contribution in [1.82, 2.24) is 4.98 Å². The number of aromatic nitrogens is 1. The molecule has 3 aromatic rings. The van der Waals surface area contributed by atoms with Gasteiger partial charge in [0.2, 0.25) is 0 Å². The van der Waals surface area contributed by atoms with Crippen LogP contribution in [-0.4, -0.2) is 17.1 Å². The van der Waals surface area contributed by atoms with Crippen molar-refractivity contribution in [3.63, 3.8) is 0 Å². The number of rotatable bonds is 5. The summed E-state index contributed by atoms with van der Waals surface area (Å²) in [4.78, 5) is 19.2. The summed E-state index contributed by atoms with van der Waals surface area (Å²) >= 11 is 1.46. The van der Waals surface area contributed by atoms with Gasteiger partial charge < -0.3 is 9.32 Å². The van der Waals surface area contributed by atoms with E-state index in [1.54, 1.807) is 23.4 Å². The average molecular weight is 338 g/mol. The number of amides is 1. The van der Waals surface area contributed by atoms with E-state index in [2.05, 4.69) is 4.98 Å². The predicted molar refractivity (Wildman–Crippen MR) is 96.4 cm³/mol. The maximum Gasteiger partial charge on any atom is 0.261 e. The molecule has 0 saturated heterocycles. The third-order valence-corrected chi connectivity index (χ3v) is 4.39. The first-order valence-electron chi connectivity index (χ1n) is 7.59. The van der Waals surface area contributed by atoms with Gasteiger partial charge in [0.15, 0.2) is 0 Å². The van der Waals surface area contributed by atoms with Crippen molar-refractivity contribution < 1.29 is 9.21 Å². The Morgan fingerprint density at radius 1 is 1.17 bits per heavy atom. The summed E-state index contributed by atoms with van der Waals surface area (Å²) in [5, 5.41) is 0.721. The molecule has 2 aromatic heterocycles. The highest BCUT2D eigenvalue weighted by atomic mass is 32.2. The van der Waals surface area contributed by atoms with Gasteiger partial charge in [-0.1, -0.05) is 17.7 Å². The Balaban J connectivity index is 2.00. The zero-order chi connectivity index (χ0) is 16.9. The van der Waals surface area contributed by atoms with Crippen molar-refractivity contribution in [2.75, 3.05) is 11.2 Å². The highest BCUT2D eigenvalue weighted by Crippen LogP contribution is 2.24. The number of thioether (sulfide) groups is 1. The predicted octanol–water partition coefficient (Wildman–Crippen LogP) is 4.55. The number of hydrogen-bond donors (Lipinski definition) is 0. The van der Waals surface area contributed by atoms with E-state index in [0.717, 1.165) is 22.0 Å². The van der Waals surface area contributed by atoms with Gasteiger partial charge in [-0.3, -0.25) is 4.79 Å². The number of pyridine rings is 1. The molecule has 0 radical (unpaired) electrons. The number of benzene rings is 1. The molecule has 0 unspecified atom stereocenters. The van der Waals surface area contributed by atoms with E-state index < -0.39 is 0 Å². The molecule has 2 heterocycles. The first kappa shape index (κ1) is 16.3. The molecule has 0 saturated carbocycles. The average Bonchev–Trinajstić information content (AvgIpc) is 3.13. The topological polar surface area (TPSA) is 46.3 Å². The number of hydrogen-bond acceptors (Lipinski definition) is 4. The lowest BCUT2D eigenvalue weighted by Crippen LogP contribution is -2.30. The van der Waals surface area contributed by atoms with Crippen molar-refractivity contribution in [2.45, 2.75) is 18.5 Å². The standard InChI is InChI=1S/C19H18N2O2S/c1-14-7-9-15(10-8-14)21(13-16-5-4-12-23-16)19(22)17-6-3-11-20-18(17)24-2/h3-12H,13H2,1-2H3. The lowest BCUT2D eigenvalue weighted by Gasteiger charge is -2.23. The first-order chi connectivity index (χ1) is 11.7. The third kappa shape index (κ3) is 3.51. The smallest absolute Gasteiger partial charge is 0.261 e. The van der Waals surface area contributed by atoms with Crippen LogP contribution in [0.3, 0.4) is 0 Å². The molecule has 0 aliphatic carbocycles. The molecule has 5 heteroatoms. The number of aryl methyl sites for hydroxylation is 1. The van der Waals surface area contributed by atoms with Crippen molar-refractivity contribution in [3.05, 3.63) is 77.9 Å². The minimum absolute atomic E-state index is 0.0901. The molecule has 1 amide bonds. The Morgan fingerprint density at radius 3 is 2.62 bits per heavy atom. The fraction of sp³-hybridized carbons (Fsp3) is 0.158. The molecular weight excluding hydrogens is 320 g/mol. The quantitative estimate of drug-likeness (QED) is 0.640. The summed E-state index contributed by atoms with van der Waals surface area (Å²) in [6.07, 6.45) is 5.23. The number of carbonyl (C=O) groups excluding carboxylic acids is 1. The zero-order valence-electron chi connectivity index (χ0n) is 13.6. The Labute approximate surface area is 145 Å². The summed E-state index contributed by atoms with van der Waals surface area (Å²) in [6, 6.07) is 15.2. The van der Waals surface area contributed by atoms with Crippen LogP contribution < -0.4 is 4.90 Å². The van der Waals surface area contributed by atoms with Crippen molar-refractivity contribution in [3.8, 4) is 0 Å². The monoisotopic (exact) mass is 338 g/mol. The molecule has 3 rings (SSSR count). The van der Waals surface area contributed by atoms with E-state index in [0.29, 0.717) is 12.1 Å². The van der Waals surface area contributed by atoms with Gasteiger partial charge in [-0.2, -0.15) is 0 Å². The van der Waals surface area contributed by atoms with E-state index in [9.17, 15) is 4.79 Å². The van der Waals surface area contributed by atoms with Crippen molar-refractivity contribution in [1.29, 1.82) is 0 Å². The van der Waals surface area contributed by atoms with Gasteiger partial charge in [-0.25, -0.2) is 4.98 Å². The van der Waals surface area contributed by atoms with Gasteiger partial charge in [0.1, 0.15) is 10.8 Å². The van der Waals surface area contributed by atoms with E-state index in [1.807, 2.05) is 55.6 Å². The molecule has 122 valence electrons. The number of nitrogens with zero attached hydrogens (tertiary/aromatic N) is 2. The lowest BCUT2D eigenvalue weighted by atomic mass is 10.1. The lowest BCUT2D eigenvalue weighted by molar-refractivity contribution is 0.0979. The molecule has 0 fully saturated rings. The van der Waals surface area contributed by atoms with E-state index in [1.165, 1.54) is 11.8 Å². The summed E-state index contributed by atoms with van der Waals surface area (Å²) < 4.78 is 5.44. The summed E-state index contributed by atoms with van der Waals surface area (Å²) in [5.74, 6) is 0.645. The second-order valence-electron chi connectivity index (χ2n) is 5.37. The van der Waals surface area contributed by atoms with Gasteiger partial charge in [0.25, 0.3) is 5.91 Å². The van der Waals surface area contributed by atoms with E-state index in [4.69, 9.17) is 4.42 Å². The van der Waals surface area contributed by atoms with Crippen LogP contribution in [0.5, 0.6) is 0 Å². The van der Waals surface area contributed by atoms with Crippen LogP contribution in [0, 0.1) is 6.92 Å². The molecule has 1 aromatic carbocycles. The molecule has 0 bridgehead atoms. The minimum Gasteiger partial charge on any atom is -0.467 e. The van der Waals surface area contributed by atoms with Crippen LogP contribution in [0.15, 0.2) is 70.4 Å². The van der Waals surface area contributed by atoms with Crippen molar-refractivity contribution in [2.24, 2.45) is 0 Å². The molecular formula is C19H18N2O2S. The van der Waals surface area contributed by atoms with E-state index in [-0.39, 0.29) is 5.91 Å². The van der Waals surface area contributed by atoms with Gasteiger partial charge in [0, 0.05) is 11.9 Å². The Kier molecular flexibility index (Phi) is 5.01. The van der Waals surface area contributed by atoms with Crippen LogP contribution in [-0.2, 0) is 6.54 Å². The SMILES string of the molecule is CSc1ncccc1C(=O)N(Cc1ccco1)c1ccc(C)cc1. The van der Waals surface area contributed by atoms with Crippen LogP contribution >= 0.6 is 11.8 Å². The molecule has 0 N–H and O–H groups in total. The van der Waals surface area contributed by atoms with Gasteiger partial charge in [-0.15, -0.1) is 11.8 Å². The molecule has 0 atom stereocenters. The fourth-order valence-electron chi connectivity index (χ4n) is 2.43. The third-order valence-electron chi connectivity index (χ3n) is 3.68. The molecule has 0 aliphatic rings. The zero-order valence-corrected chi connectivity index (χ0v) is 14.4. The first-order valence-corrected chi connectivity index (χ1v) is 8.81. The molecule has 4 nitrogen and oxygen atoms in total. The molecule has 0 aliphatic heterocycles. The van der Waals surface area contributed by atoms with Gasteiger partial charge in [0.05, 0.1) is 18.4 Å². The largest absolute Gasteiger partial charge is 0.467 e. The highest BCUT2D eigenvalue weighted by Gasteiger charge is 2.22. The highest BCUT2D eigenvalue weighted by molar-refractivity contribution is 7.98. The van der Waals surface area contributed by atoms with Crippen LogP contribution in [0.25, 0.3) is 0 Å². The fourth-order valence-corrected chi connectivity index (χ4v) is 2.97. The van der Waals surface area contributed by atoms with Crippen LogP contribution in [0.1, 0.15) is 21.7 Å². The number of carbonyl (C=O) groups is 1. The summed E-state index contributed by atoms with van der Waals surface area (Å²) in [7, 11) is 0. The number of furan rings is 1.